The summed E-state index contributed by atoms with van der Waals surface area (Å²) in [6.07, 6.45) is 0. The first-order chi connectivity index (χ1) is 9.32. The summed E-state index contributed by atoms with van der Waals surface area (Å²) < 4.78 is 65.7. The Morgan fingerprint density at radius 3 is 1.85 bits per heavy atom. The molecule has 1 aromatic heterocycles. The fourth-order valence-electron chi connectivity index (χ4n) is 1.67. The van der Waals surface area contributed by atoms with Crippen LogP contribution in [0.1, 0.15) is 15.3 Å². The van der Waals surface area contributed by atoms with E-state index in [1.165, 1.54) is 11.3 Å². The Labute approximate surface area is 116 Å². The van der Waals surface area contributed by atoms with Gasteiger partial charge in [0.2, 0.25) is 5.82 Å². The first-order valence-corrected chi connectivity index (χ1v) is 6.45. The highest BCUT2D eigenvalue weighted by Gasteiger charge is 2.25. The molecule has 0 amide bonds. The van der Waals surface area contributed by atoms with Crippen LogP contribution in [-0.2, 0) is 6.54 Å². The van der Waals surface area contributed by atoms with Crippen LogP contribution in [0.4, 0.5) is 27.6 Å². The lowest BCUT2D eigenvalue weighted by molar-refractivity contribution is 0.381. The van der Waals surface area contributed by atoms with Crippen molar-refractivity contribution in [1.29, 1.82) is 0 Å². The van der Waals surface area contributed by atoms with Gasteiger partial charge in [-0.2, -0.15) is 0 Å². The minimum Gasteiger partial charge on any atom is -0.375 e. The van der Waals surface area contributed by atoms with Gasteiger partial charge in [0.1, 0.15) is 5.69 Å². The molecule has 0 fully saturated rings. The van der Waals surface area contributed by atoms with Gasteiger partial charge in [-0.3, -0.25) is 0 Å². The highest BCUT2D eigenvalue weighted by Crippen LogP contribution is 2.28. The van der Waals surface area contributed by atoms with Crippen molar-refractivity contribution in [2.45, 2.75) is 20.4 Å². The summed E-state index contributed by atoms with van der Waals surface area (Å²) in [7, 11) is 0. The number of nitrogens with one attached hydrogen (secondary N) is 1. The van der Waals surface area contributed by atoms with E-state index in [1.807, 2.05) is 13.8 Å². The van der Waals surface area contributed by atoms with Crippen LogP contribution >= 0.6 is 11.3 Å². The van der Waals surface area contributed by atoms with Crippen LogP contribution in [0.5, 0.6) is 0 Å². The van der Waals surface area contributed by atoms with Crippen LogP contribution in [-0.4, -0.2) is 0 Å². The molecule has 0 saturated heterocycles. The van der Waals surface area contributed by atoms with E-state index in [2.05, 4.69) is 5.32 Å². The van der Waals surface area contributed by atoms with Gasteiger partial charge in [-0.15, -0.1) is 11.3 Å². The second-order valence-corrected chi connectivity index (χ2v) is 5.59. The van der Waals surface area contributed by atoms with E-state index < -0.39 is 34.8 Å². The second kappa shape index (κ2) is 5.40. The Balaban J connectivity index is 2.30. The predicted octanol–water partition coefficient (Wildman–Crippen LogP) is 4.67. The van der Waals surface area contributed by atoms with Crippen LogP contribution < -0.4 is 5.32 Å². The third-order valence-corrected chi connectivity index (χ3v) is 4.02. The molecule has 1 nitrogen and oxygen atoms in total. The SMILES string of the molecule is Cc1cc(CNc2c(F)c(F)c(F)c(F)c2F)sc1C. The first kappa shape index (κ1) is 14.8. The third kappa shape index (κ3) is 2.49. The molecule has 1 N–H and O–H groups in total. The molecule has 2 rings (SSSR count). The molecule has 2 aromatic rings. The van der Waals surface area contributed by atoms with Gasteiger partial charge in [0.25, 0.3) is 0 Å². The fraction of sp³-hybridized carbons (Fsp3) is 0.231. The van der Waals surface area contributed by atoms with Gasteiger partial charge in [0.05, 0.1) is 0 Å². The zero-order valence-electron chi connectivity index (χ0n) is 10.6. The zero-order valence-corrected chi connectivity index (χ0v) is 11.4. The third-order valence-electron chi connectivity index (χ3n) is 2.87. The van der Waals surface area contributed by atoms with Crippen LogP contribution in [0.15, 0.2) is 6.07 Å². The number of benzene rings is 1. The quantitative estimate of drug-likeness (QED) is 0.493. The lowest BCUT2D eigenvalue weighted by Gasteiger charge is -2.09. The molecule has 0 saturated carbocycles. The molecule has 0 aliphatic carbocycles. The Bertz CT molecular complexity index is 617. The van der Waals surface area contributed by atoms with Crippen molar-refractivity contribution in [1.82, 2.24) is 0 Å². The summed E-state index contributed by atoms with van der Waals surface area (Å²) >= 11 is 1.39. The molecule has 0 aliphatic rings. The highest BCUT2D eigenvalue weighted by molar-refractivity contribution is 7.12. The molecule has 1 aromatic carbocycles. The smallest absolute Gasteiger partial charge is 0.200 e. The standard InChI is InChI=1S/C13H10F5NS/c1-5-3-7(20-6(5)2)4-19-13-11(17)9(15)8(14)10(16)12(13)18/h3,19H,4H2,1-2H3. The lowest BCUT2D eigenvalue weighted by atomic mass is 10.2. The molecule has 0 unspecified atom stereocenters. The van der Waals surface area contributed by atoms with Crippen LogP contribution in [0.25, 0.3) is 0 Å². The minimum atomic E-state index is -2.16. The van der Waals surface area contributed by atoms with Gasteiger partial charge < -0.3 is 5.32 Å². The summed E-state index contributed by atoms with van der Waals surface area (Å²) in [6.45, 7) is 3.73. The predicted molar refractivity (Wildman–Crippen MR) is 67.4 cm³/mol. The normalized spacial score (nSPS) is 10.9. The number of halogens is 5. The van der Waals surface area contributed by atoms with E-state index in [-0.39, 0.29) is 6.54 Å². The van der Waals surface area contributed by atoms with Crippen molar-refractivity contribution in [3.05, 3.63) is 50.5 Å². The maximum absolute atomic E-state index is 13.4. The molecule has 1 heterocycles. The average molecular weight is 307 g/mol. The van der Waals surface area contributed by atoms with Crippen molar-refractivity contribution >= 4 is 17.0 Å². The molecule has 108 valence electrons. The maximum atomic E-state index is 13.4. The van der Waals surface area contributed by atoms with Crippen molar-refractivity contribution in [3.63, 3.8) is 0 Å². The average Bonchev–Trinajstić information content (AvgIpc) is 2.73. The summed E-state index contributed by atoms with van der Waals surface area (Å²) in [5, 5.41) is 2.26. The van der Waals surface area contributed by atoms with Crippen molar-refractivity contribution in [2.75, 3.05) is 5.32 Å². The lowest BCUT2D eigenvalue weighted by Crippen LogP contribution is -2.09. The van der Waals surface area contributed by atoms with E-state index in [9.17, 15) is 22.0 Å². The topological polar surface area (TPSA) is 12.0 Å². The minimum absolute atomic E-state index is 0.0162. The number of anilines is 1. The molecular formula is C13H10F5NS. The van der Waals surface area contributed by atoms with E-state index in [1.54, 1.807) is 6.07 Å². The fourth-order valence-corrected chi connectivity index (χ4v) is 2.67. The maximum Gasteiger partial charge on any atom is 0.200 e. The van der Waals surface area contributed by atoms with Gasteiger partial charge in [-0.25, -0.2) is 22.0 Å². The van der Waals surface area contributed by atoms with Crippen LogP contribution in [0.3, 0.4) is 0 Å². The second-order valence-electron chi connectivity index (χ2n) is 4.25. The van der Waals surface area contributed by atoms with E-state index in [0.717, 1.165) is 15.3 Å². The van der Waals surface area contributed by atoms with Crippen molar-refractivity contribution in [3.8, 4) is 0 Å². The molecule has 0 atom stereocenters. The Morgan fingerprint density at radius 2 is 1.40 bits per heavy atom. The largest absolute Gasteiger partial charge is 0.375 e. The summed E-state index contributed by atoms with van der Waals surface area (Å²) in [6, 6.07) is 1.79. The number of aryl methyl sites for hydroxylation is 2. The molecular weight excluding hydrogens is 297 g/mol. The van der Waals surface area contributed by atoms with Crippen molar-refractivity contribution in [2.24, 2.45) is 0 Å². The van der Waals surface area contributed by atoms with Gasteiger partial charge in [-0.05, 0) is 25.5 Å². The van der Waals surface area contributed by atoms with Gasteiger partial charge in [-0.1, -0.05) is 0 Å². The van der Waals surface area contributed by atoms with E-state index in [4.69, 9.17) is 0 Å². The van der Waals surface area contributed by atoms with Gasteiger partial charge in [0, 0.05) is 16.3 Å². The summed E-state index contributed by atoms with van der Waals surface area (Å²) in [5.41, 5.74) is -0.00526. The molecule has 0 radical (unpaired) electrons. The molecule has 20 heavy (non-hydrogen) atoms. The first-order valence-electron chi connectivity index (χ1n) is 5.64. The molecule has 0 aliphatic heterocycles. The molecule has 0 spiro atoms. The van der Waals surface area contributed by atoms with Crippen LogP contribution in [0.2, 0.25) is 0 Å². The number of hydrogen-bond acceptors (Lipinski definition) is 2. The zero-order chi connectivity index (χ0) is 15.0. The van der Waals surface area contributed by atoms with Crippen molar-refractivity contribution < 1.29 is 22.0 Å². The number of hydrogen-bond donors (Lipinski definition) is 1. The highest BCUT2D eigenvalue weighted by atomic mass is 32.1. The Hall–Kier alpha value is -1.63. The Morgan fingerprint density at radius 1 is 0.900 bits per heavy atom. The Kier molecular flexibility index (Phi) is 3.99. The van der Waals surface area contributed by atoms with Gasteiger partial charge >= 0.3 is 0 Å². The summed E-state index contributed by atoms with van der Waals surface area (Å²) in [4.78, 5) is 1.77. The summed E-state index contributed by atoms with van der Waals surface area (Å²) in [5.74, 6) is -9.78. The van der Waals surface area contributed by atoms with E-state index >= 15 is 0 Å². The monoisotopic (exact) mass is 307 g/mol. The van der Waals surface area contributed by atoms with Crippen LogP contribution in [0, 0.1) is 42.9 Å². The van der Waals surface area contributed by atoms with E-state index in [0.29, 0.717) is 0 Å². The number of thiophene rings is 1. The number of rotatable bonds is 3. The van der Waals surface area contributed by atoms with Gasteiger partial charge in [0.15, 0.2) is 23.3 Å². The molecule has 7 heteroatoms. The molecule has 0 bridgehead atoms.